The number of likely N-dealkylation sites (tertiary alicyclic amines) is 1. The summed E-state index contributed by atoms with van der Waals surface area (Å²) in [5, 5.41) is 12.8. The minimum atomic E-state index is -4.10. The number of alkyl halides is 2. The Balaban J connectivity index is 1.72. The number of rotatable bonds is 8. The van der Waals surface area contributed by atoms with Gasteiger partial charge >= 0.3 is 6.09 Å². The first-order chi connectivity index (χ1) is 14.3. The molecule has 174 valence electrons. The number of halogens is 2. The topological polar surface area (TPSA) is 162 Å². The zero-order valence-electron chi connectivity index (χ0n) is 16.7. The Hall–Kier alpha value is -2.51. The van der Waals surface area contributed by atoms with Gasteiger partial charge in [-0.15, -0.1) is 0 Å². The molecule has 2 aliphatic carbocycles. The third-order valence-corrected chi connectivity index (χ3v) is 8.33. The summed E-state index contributed by atoms with van der Waals surface area (Å²) in [6, 6.07) is -1.08. The number of carbonyl (C=O) groups excluding carboxylic acids is 3. The van der Waals surface area contributed by atoms with Crippen molar-refractivity contribution in [2.75, 3.05) is 13.1 Å². The monoisotopic (exact) mass is 466 g/mol. The molecule has 1 heterocycles. The van der Waals surface area contributed by atoms with Gasteiger partial charge in [0.2, 0.25) is 28.3 Å². The van der Waals surface area contributed by atoms with E-state index in [9.17, 15) is 36.4 Å². The lowest BCUT2D eigenvalue weighted by molar-refractivity contribution is -0.139. The number of hydrogen-bond acceptors (Lipinski definition) is 6. The lowest BCUT2D eigenvalue weighted by Gasteiger charge is -2.27. The number of sulfonamides is 1. The van der Waals surface area contributed by atoms with Crippen molar-refractivity contribution in [2.45, 2.75) is 61.8 Å². The largest absolute Gasteiger partial charge is 0.465 e. The predicted octanol–water partition coefficient (Wildman–Crippen LogP) is -0.616. The van der Waals surface area contributed by atoms with Crippen molar-refractivity contribution < 1.29 is 41.5 Å². The van der Waals surface area contributed by atoms with Crippen LogP contribution < -0.4 is 15.4 Å². The van der Waals surface area contributed by atoms with Crippen molar-refractivity contribution in [2.24, 2.45) is 5.92 Å². The van der Waals surface area contributed by atoms with Crippen LogP contribution in [0.5, 0.6) is 0 Å². The van der Waals surface area contributed by atoms with Crippen LogP contribution in [-0.2, 0) is 24.4 Å². The van der Waals surface area contributed by atoms with Gasteiger partial charge in [-0.1, -0.05) is 0 Å². The second-order valence-electron chi connectivity index (χ2n) is 8.39. The number of carbonyl (C=O) groups is 4. The van der Waals surface area contributed by atoms with E-state index >= 15 is 0 Å². The Labute approximate surface area is 177 Å². The van der Waals surface area contributed by atoms with Crippen molar-refractivity contribution in [3.63, 3.8) is 0 Å². The first-order valence-electron chi connectivity index (χ1n) is 9.76. The standard InChI is InChI=1S/C17H24F2N4O7S/c1-16(4-5-16)31(29,30)22-14(26)17(7-9(17)12(18)19)21-13(25)10-3-2-6-23(10)11(24)8-20-15(27)28/h9-10,12,20H,2-8H2,1H3,(H,21,25)(H,22,26)(H,27,28)/t9-,10-,17+/m0/s1. The molecule has 14 heteroatoms. The van der Waals surface area contributed by atoms with Crippen LogP contribution in [-0.4, -0.2) is 78.1 Å². The van der Waals surface area contributed by atoms with Crippen LogP contribution in [0.15, 0.2) is 0 Å². The smallest absolute Gasteiger partial charge is 0.405 e. The van der Waals surface area contributed by atoms with Crippen LogP contribution in [0.3, 0.4) is 0 Å². The molecular formula is C17H24F2N4O7S. The molecule has 0 aromatic heterocycles. The van der Waals surface area contributed by atoms with Gasteiger partial charge in [0.1, 0.15) is 18.1 Å². The van der Waals surface area contributed by atoms with E-state index in [1.54, 1.807) is 0 Å². The van der Waals surface area contributed by atoms with Gasteiger partial charge in [-0.3, -0.25) is 19.1 Å². The number of nitrogens with zero attached hydrogens (tertiary/aromatic N) is 1. The molecule has 3 rings (SSSR count). The lowest BCUT2D eigenvalue weighted by Crippen LogP contribution is -2.58. The number of hydrogen-bond donors (Lipinski definition) is 4. The minimum absolute atomic E-state index is 0.155. The van der Waals surface area contributed by atoms with Gasteiger partial charge in [-0.25, -0.2) is 22.0 Å². The second-order valence-corrected chi connectivity index (χ2v) is 10.6. The molecule has 4 amide bonds. The Morgan fingerprint density at radius 3 is 2.39 bits per heavy atom. The van der Waals surface area contributed by atoms with E-state index in [1.807, 2.05) is 10.0 Å². The predicted molar refractivity (Wildman–Crippen MR) is 100 cm³/mol. The molecule has 3 fully saturated rings. The van der Waals surface area contributed by atoms with Crippen LogP contribution in [0.1, 0.15) is 39.0 Å². The lowest BCUT2D eigenvalue weighted by atomic mass is 10.1. The highest BCUT2D eigenvalue weighted by molar-refractivity contribution is 7.91. The van der Waals surface area contributed by atoms with Gasteiger partial charge in [0, 0.05) is 6.54 Å². The molecule has 0 aromatic carbocycles. The molecule has 31 heavy (non-hydrogen) atoms. The summed E-state index contributed by atoms with van der Waals surface area (Å²) in [5.41, 5.74) is -2.08. The average Bonchev–Trinajstić information content (AvgIpc) is 3.54. The van der Waals surface area contributed by atoms with Crippen molar-refractivity contribution in [1.82, 2.24) is 20.3 Å². The summed E-state index contributed by atoms with van der Waals surface area (Å²) in [4.78, 5) is 49.3. The van der Waals surface area contributed by atoms with E-state index in [-0.39, 0.29) is 13.0 Å². The minimum Gasteiger partial charge on any atom is -0.465 e. The highest BCUT2D eigenvalue weighted by atomic mass is 32.2. The Bertz CT molecular complexity index is 908. The fourth-order valence-corrected chi connectivity index (χ4v) is 5.04. The maximum absolute atomic E-state index is 13.4. The summed E-state index contributed by atoms with van der Waals surface area (Å²) >= 11 is 0. The number of amides is 4. The fourth-order valence-electron chi connectivity index (χ4n) is 3.73. The third-order valence-electron chi connectivity index (χ3n) is 6.17. The van der Waals surface area contributed by atoms with Crippen LogP contribution in [0.4, 0.5) is 13.6 Å². The normalized spacial score (nSPS) is 28.7. The maximum atomic E-state index is 13.4. The van der Waals surface area contributed by atoms with Crippen LogP contribution in [0, 0.1) is 5.92 Å². The van der Waals surface area contributed by atoms with E-state index in [1.165, 1.54) is 6.92 Å². The maximum Gasteiger partial charge on any atom is 0.405 e. The summed E-state index contributed by atoms with van der Waals surface area (Å²) in [5.74, 6) is -4.32. The second kappa shape index (κ2) is 7.88. The van der Waals surface area contributed by atoms with Gasteiger partial charge in [0.05, 0.1) is 10.7 Å². The first-order valence-corrected chi connectivity index (χ1v) is 11.2. The van der Waals surface area contributed by atoms with Gasteiger partial charge in [-0.2, -0.15) is 0 Å². The van der Waals surface area contributed by atoms with Gasteiger partial charge < -0.3 is 20.6 Å². The van der Waals surface area contributed by atoms with Gasteiger partial charge in [-0.05, 0) is 39.0 Å². The number of carboxylic acid groups (broad SMARTS) is 1. The molecule has 2 saturated carbocycles. The van der Waals surface area contributed by atoms with Crippen molar-refractivity contribution in [3.8, 4) is 0 Å². The molecule has 0 bridgehead atoms. The van der Waals surface area contributed by atoms with Crippen LogP contribution in [0.2, 0.25) is 0 Å². The van der Waals surface area contributed by atoms with E-state index < -0.39 is 75.5 Å². The highest BCUT2D eigenvalue weighted by Crippen LogP contribution is 2.49. The molecule has 0 aromatic rings. The molecule has 0 radical (unpaired) electrons. The fraction of sp³-hybridized carbons (Fsp3) is 0.765. The summed E-state index contributed by atoms with van der Waals surface area (Å²) in [6.45, 7) is 1.02. The molecular weight excluding hydrogens is 442 g/mol. The zero-order chi connectivity index (χ0) is 23.2. The zero-order valence-corrected chi connectivity index (χ0v) is 17.5. The van der Waals surface area contributed by atoms with E-state index in [0.717, 1.165) is 4.90 Å². The number of nitrogens with one attached hydrogen (secondary N) is 3. The molecule has 1 aliphatic heterocycles. The summed E-state index contributed by atoms with van der Waals surface area (Å²) < 4.78 is 52.1. The van der Waals surface area contributed by atoms with Crippen molar-refractivity contribution in [3.05, 3.63) is 0 Å². The van der Waals surface area contributed by atoms with Crippen molar-refractivity contribution in [1.29, 1.82) is 0 Å². The average molecular weight is 466 g/mol. The molecule has 11 nitrogen and oxygen atoms in total. The quantitative estimate of drug-likeness (QED) is 0.371. The Morgan fingerprint density at radius 1 is 1.23 bits per heavy atom. The SMILES string of the molecule is CC1(S(=O)(=O)NC(=O)[C@@]2(NC(=O)[C@@H]3CCCN3C(=O)CNC(=O)O)C[C@H]2C(F)F)CC1. The van der Waals surface area contributed by atoms with Gasteiger partial charge in [0.15, 0.2) is 0 Å². The van der Waals surface area contributed by atoms with Crippen LogP contribution >= 0.6 is 0 Å². The molecule has 3 atom stereocenters. The van der Waals surface area contributed by atoms with Crippen molar-refractivity contribution >= 4 is 33.8 Å². The molecule has 3 aliphatic rings. The summed E-state index contributed by atoms with van der Waals surface area (Å²) in [7, 11) is -4.10. The van der Waals surface area contributed by atoms with E-state index in [0.29, 0.717) is 19.3 Å². The summed E-state index contributed by atoms with van der Waals surface area (Å²) in [6.07, 6.45) is -3.55. The molecule has 1 saturated heterocycles. The highest BCUT2D eigenvalue weighted by Gasteiger charge is 2.67. The Kier molecular flexibility index (Phi) is 5.88. The van der Waals surface area contributed by atoms with Gasteiger partial charge in [0.25, 0.3) is 5.91 Å². The van der Waals surface area contributed by atoms with E-state index in [4.69, 9.17) is 5.11 Å². The third kappa shape index (κ3) is 4.43. The molecule has 0 unspecified atom stereocenters. The van der Waals surface area contributed by atoms with Crippen LogP contribution in [0.25, 0.3) is 0 Å². The molecule has 4 N–H and O–H groups in total. The first kappa shape index (κ1) is 23.2. The van der Waals surface area contributed by atoms with E-state index in [2.05, 4.69) is 5.32 Å². The Morgan fingerprint density at radius 2 is 1.87 bits per heavy atom. The molecule has 0 spiro atoms.